The molecule has 0 aromatic carbocycles. The minimum Gasteiger partial charge on any atom is -0.341 e. The molecule has 2 amide bonds. The van der Waals surface area contributed by atoms with E-state index in [-0.39, 0.29) is 5.24 Å². The summed E-state index contributed by atoms with van der Waals surface area (Å²) >= 11 is 0.857. The highest BCUT2D eigenvalue weighted by Crippen LogP contribution is 2.26. The number of imide groups is 1. The van der Waals surface area contributed by atoms with Gasteiger partial charge in [-0.15, -0.1) is 0 Å². The Labute approximate surface area is 215 Å². The number of rotatable bonds is 7. The van der Waals surface area contributed by atoms with Crippen LogP contribution in [-0.4, -0.2) is 50.7 Å². The minimum atomic E-state index is -0.879. The van der Waals surface area contributed by atoms with E-state index in [2.05, 4.69) is 35.5 Å². The molecule has 0 spiro atoms. The number of piperidine rings is 1. The van der Waals surface area contributed by atoms with Gasteiger partial charge < -0.3 is 10.2 Å². The summed E-state index contributed by atoms with van der Waals surface area (Å²) in [6.45, 7) is 2.87. The van der Waals surface area contributed by atoms with Gasteiger partial charge in [-0.1, -0.05) is 6.07 Å². The van der Waals surface area contributed by atoms with E-state index in [4.69, 9.17) is 0 Å². The first-order valence-corrected chi connectivity index (χ1v) is 12.6. The Morgan fingerprint density at radius 3 is 2.59 bits per heavy atom. The summed E-state index contributed by atoms with van der Waals surface area (Å²) in [6, 6.07) is 7.74. The van der Waals surface area contributed by atoms with Crippen LogP contribution in [-0.2, 0) is 11.3 Å². The summed E-state index contributed by atoms with van der Waals surface area (Å²) in [5.41, 5.74) is 2.30. The highest BCUT2D eigenvalue weighted by atomic mass is 32.2. The lowest BCUT2D eigenvalue weighted by Gasteiger charge is -2.32. The van der Waals surface area contributed by atoms with E-state index in [1.807, 2.05) is 6.07 Å². The van der Waals surface area contributed by atoms with Crippen molar-refractivity contribution in [2.45, 2.75) is 19.4 Å². The number of hydrogen-bond donors (Lipinski definition) is 2. The zero-order valence-electron chi connectivity index (χ0n) is 19.7. The van der Waals surface area contributed by atoms with E-state index in [0.29, 0.717) is 40.3 Å². The standard InChI is InChI=1S/C25H23F2N7O2S/c26-20-10-17(11-21(27)32-20)22-16(2-1-6-29-22)14-28-13-15-4-8-34(9-5-15)24-30-7-3-18(31-24)12-19-23(35)33-25(36)37-19/h1-3,6-7,10-12,15,28H,4-5,8-9,13-14H2,(H,33,35,36). The minimum absolute atomic E-state index is 0.315. The molecule has 2 N–H and O–H groups in total. The zero-order valence-corrected chi connectivity index (χ0v) is 20.5. The highest BCUT2D eigenvalue weighted by molar-refractivity contribution is 8.18. The molecule has 0 bridgehead atoms. The largest absolute Gasteiger partial charge is 0.341 e. The predicted molar refractivity (Wildman–Crippen MR) is 135 cm³/mol. The first-order chi connectivity index (χ1) is 17.9. The summed E-state index contributed by atoms with van der Waals surface area (Å²) in [6.07, 6.45) is 6.71. The van der Waals surface area contributed by atoms with Gasteiger partial charge in [0.1, 0.15) is 0 Å². The summed E-state index contributed by atoms with van der Waals surface area (Å²) in [5, 5.41) is 5.30. The van der Waals surface area contributed by atoms with Crippen molar-refractivity contribution in [1.82, 2.24) is 30.6 Å². The van der Waals surface area contributed by atoms with Gasteiger partial charge in [-0.2, -0.15) is 13.8 Å². The number of carbonyl (C=O) groups is 2. The fraction of sp³-hybridized carbons (Fsp3) is 0.280. The smallest absolute Gasteiger partial charge is 0.290 e. The van der Waals surface area contributed by atoms with Crippen molar-refractivity contribution in [3.8, 4) is 11.3 Å². The Morgan fingerprint density at radius 2 is 1.86 bits per heavy atom. The maximum absolute atomic E-state index is 13.6. The summed E-state index contributed by atoms with van der Waals surface area (Å²) < 4.78 is 27.2. The van der Waals surface area contributed by atoms with Crippen LogP contribution in [0.4, 0.5) is 19.5 Å². The molecule has 2 fully saturated rings. The lowest BCUT2D eigenvalue weighted by atomic mass is 9.97. The normalized spacial score (nSPS) is 17.5. The van der Waals surface area contributed by atoms with Gasteiger partial charge in [0.15, 0.2) is 0 Å². The molecule has 2 aliphatic rings. The van der Waals surface area contributed by atoms with E-state index < -0.39 is 17.8 Å². The quantitative estimate of drug-likeness (QED) is 0.355. The van der Waals surface area contributed by atoms with Gasteiger partial charge in [0, 0.05) is 49.7 Å². The Bertz CT molecular complexity index is 1340. The molecule has 0 atom stereocenters. The van der Waals surface area contributed by atoms with Crippen LogP contribution in [0.3, 0.4) is 0 Å². The van der Waals surface area contributed by atoms with E-state index in [0.717, 1.165) is 49.8 Å². The predicted octanol–water partition coefficient (Wildman–Crippen LogP) is 3.54. The van der Waals surface area contributed by atoms with Gasteiger partial charge in [0.05, 0.1) is 16.3 Å². The first-order valence-electron chi connectivity index (χ1n) is 11.8. The number of aromatic nitrogens is 4. The van der Waals surface area contributed by atoms with Crippen molar-refractivity contribution in [2.75, 3.05) is 24.5 Å². The van der Waals surface area contributed by atoms with Crippen LogP contribution in [0, 0.1) is 17.8 Å². The SMILES string of the molecule is O=C1NC(=O)C(=Cc2ccnc(N3CCC(CNCc4cccnc4-c4cc(F)nc(F)c4)CC3)n2)S1. The molecular formula is C25H23F2N7O2S. The average molecular weight is 524 g/mol. The van der Waals surface area contributed by atoms with Crippen LogP contribution in [0.1, 0.15) is 24.1 Å². The Morgan fingerprint density at radius 1 is 1.08 bits per heavy atom. The monoisotopic (exact) mass is 523 g/mol. The van der Waals surface area contributed by atoms with Gasteiger partial charge in [-0.25, -0.2) is 9.97 Å². The maximum atomic E-state index is 13.6. The summed E-state index contributed by atoms with van der Waals surface area (Å²) in [5.74, 6) is -1.14. The van der Waals surface area contributed by atoms with Crippen LogP contribution < -0.4 is 15.5 Å². The molecule has 2 saturated heterocycles. The number of amides is 2. The number of pyridine rings is 2. The number of nitrogens with zero attached hydrogens (tertiary/aromatic N) is 5. The maximum Gasteiger partial charge on any atom is 0.290 e. The van der Waals surface area contributed by atoms with Crippen LogP contribution in [0.5, 0.6) is 0 Å². The molecule has 9 nitrogen and oxygen atoms in total. The third-order valence-electron chi connectivity index (χ3n) is 6.16. The number of halogens is 2. The number of nitrogens with one attached hydrogen (secondary N) is 2. The number of hydrogen-bond acceptors (Lipinski definition) is 9. The lowest BCUT2D eigenvalue weighted by molar-refractivity contribution is -0.115. The van der Waals surface area contributed by atoms with Crippen molar-refractivity contribution in [2.24, 2.45) is 5.92 Å². The van der Waals surface area contributed by atoms with E-state index in [1.54, 1.807) is 30.6 Å². The molecule has 37 heavy (non-hydrogen) atoms. The van der Waals surface area contributed by atoms with Gasteiger partial charge in [-0.05, 0) is 60.8 Å². The topological polar surface area (TPSA) is 113 Å². The van der Waals surface area contributed by atoms with Crippen molar-refractivity contribution in [1.29, 1.82) is 0 Å². The molecule has 2 aliphatic heterocycles. The Kier molecular flexibility index (Phi) is 7.47. The van der Waals surface area contributed by atoms with Crippen molar-refractivity contribution in [3.05, 3.63) is 70.8 Å². The van der Waals surface area contributed by atoms with Crippen LogP contribution in [0.15, 0.2) is 47.6 Å². The second kappa shape index (κ2) is 11.1. The molecule has 3 aromatic heterocycles. The Hall–Kier alpha value is -3.77. The lowest BCUT2D eigenvalue weighted by Crippen LogP contribution is -2.38. The first kappa shape index (κ1) is 24.9. The zero-order chi connectivity index (χ0) is 25.8. The summed E-state index contributed by atoms with van der Waals surface area (Å²) in [7, 11) is 0. The summed E-state index contributed by atoms with van der Waals surface area (Å²) in [4.78, 5) is 42.0. The third-order valence-corrected chi connectivity index (χ3v) is 6.97. The average Bonchev–Trinajstić information content (AvgIpc) is 3.20. The van der Waals surface area contributed by atoms with E-state index in [9.17, 15) is 18.4 Å². The molecule has 0 radical (unpaired) electrons. The van der Waals surface area contributed by atoms with Gasteiger partial charge in [0.25, 0.3) is 11.1 Å². The number of carbonyl (C=O) groups excluding carboxylic acids is 2. The van der Waals surface area contributed by atoms with Crippen molar-refractivity contribution >= 4 is 34.9 Å². The van der Waals surface area contributed by atoms with Crippen LogP contribution in [0.25, 0.3) is 17.3 Å². The van der Waals surface area contributed by atoms with E-state index >= 15 is 0 Å². The third kappa shape index (κ3) is 6.15. The van der Waals surface area contributed by atoms with Gasteiger partial charge in [0.2, 0.25) is 17.8 Å². The molecule has 5 rings (SSSR count). The molecule has 0 saturated carbocycles. The molecule has 0 aliphatic carbocycles. The molecular weight excluding hydrogens is 500 g/mol. The number of thioether (sulfide) groups is 1. The van der Waals surface area contributed by atoms with Crippen molar-refractivity contribution in [3.63, 3.8) is 0 Å². The molecule has 190 valence electrons. The molecule has 5 heterocycles. The van der Waals surface area contributed by atoms with Crippen LogP contribution >= 0.6 is 11.8 Å². The number of anilines is 1. The molecule has 12 heteroatoms. The van der Waals surface area contributed by atoms with Gasteiger partial charge in [-0.3, -0.25) is 19.9 Å². The fourth-order valence-electron chi connectivity index (χ4n) is 4.34. The van der Waals surface area contributed by atoms with E-state index in [1.165, 1.54) is 12.1 Å². The molecule has 3 aromatic rings. The Balaban J connectivity index is 1.15. The fourth-order valence-corrected chi connectivity index (χ4v) is 5.01. The van der Waals surface area contributed by atoms with Gasteiger partial charge >= 0.3 is 0 Å². The van der Waals surface area contributed by atoms with Crippen molar-refractivity contribution < 1.29 is 18.4 Å². The highest BCUT2D eigenvalue weighted by Gasteiger charge is 2.26. The molecule has 0 unspecified atom stereocenters. The van der Waals surface area contributed by atoms with Crippen LogP contribution in [0.2, 0.25) is 0 Å². The second-order valence-corrected chi connectivity index (χ2v) is 9.72. The second-order valence-electron chi connectivity index (χ2n) is 8.71.